The Morgan fingerprint density at radius 2 is 1.55 bits per heavy atom. The molecule has 0 saturated heterocycles. The van der Waals surface area contributed by atoms with Crippen LogP contribution in [0.3, 0.4) is 0 Å². The molecule has 0 aromatic heterocycles. The van der Waals surface area contributed by atoms with Crippen molar-refractivity contribution >= 4 is 11.9 Å². The zero-order chi connectivity index (χ0) is 16.1. The van der Waals surface area contributed by atoms with Crippen LogP contribution in [0.1, 0.15) is 51.8 Å². The summed E-state index contributed by atoms with van der Waals surface area (Å²) in [4.78, 5) is 22.8. The van der Waals surface area contributed by atoms with Crippen LogP contribution in [0, 0.1) is 0 Å². The van der Waals surface area contributed by atoms with Crippen LogP contribution in [0.2, 0.25) is 0 Å². The number of carbonyl (C=O) groups is 2. The van der Waals surface area contributed by atoms with Gasteiger partial charge in [0, 0.05) is 0 Å². The number of aryl methyl sites for hydroxylation is 1. The molecule has 0 aliphatic rings. The molecule has 4 heteroatoms. The van der Waals surface area contributed by atoms with Crippen LogP contribution in [0.4, 0.5) is 0 Å². The Kier molecular flexibility index (Phi) is 4.94. The zero-order valence-electron chi connectivity index (χ0n) is 12.6. The first-order valence-electron chi connectivity index (χ1n) is 7.14. The number of hydrogen-bond acceptors (Lipinski definition) is 3. The smallest absolute Gasteiger partial charge is 0.338 e. The Hall–Kier alpha value is -2.62. The lowest BCUT2D eigenvalue weighted by atomic mass is 10.1. The zero-order valence-corrected chi connectivity index (χ0v) is 12.6. The van der Waals surface area contributed by atoms with Crippen molar-refractivity contribution in [3.8, 4) is 0 Å². The van der Waals surface area contributed by atoms with E-state index in [0.29, 0.717) is 5.56 Å². The maximum absolute atomic E-state index is 12.1. The molecule has 1 N–H and O–H groups in total. The quantitative estimate of drug-likeness (QED) is 0.851. The van der Waals surface area contributed by atoms with Gasteiger partial charge in [-0.2, -0.15) is 0 Å². The van der Waals surface area contributed by atoms with Crippen molar-refractivity contribution in [3.05, 3.63) is 70.8 Å². The van der Waals surface area contributed by atoms with Gasteiger partial charge in [-0.1, -0.05) is 31.2 Å². The molecular weight excluding hydrogens is 280 g/mol. The number of aromatic carboxylic acids is 1. The van der Waals surface area contributed by atoms with E-state index >= 15 is 0 Å². The molecule has 1 unspecified atom stereocenters. The first-order valence-corrected chi connectivity index (χ1v) is 7.14. The molecule has 0 radical (unpaired) electrons. The molecule has 1 atom stereocenters. The molecule has 22 heavy (non-hydrogen) atoms. The van der Waals surface area contributed by atoms with E-state index < -0.39 is 11.9 Å². The summed E-state index contributed by atoms with van der Waals surface area (Å²) in [6.45, 7) is 3.89. The third-order valence-electron chi connectivity index (χ3n) is 3.51. The second-order valence-electron chi connectivity index (χ2n) is 5.03. The number of ether oxygens (including phenoxy) is 1. The predicted molar refractivity (Wildman–Crippen MR) is 83.1 cm³/mol. The van der Waals surface area contributed by atoms with Crippen LogP contribution in [0.5, 0.6) is 0 Å². The van der Waals surface area contributed by atoms with Crippen molar-refractivity contribution in [2.24, 2.45) is 0 Å². The molecule has 0 saturated carbocycles. The highest BCUT2D eigenvalue weighted by atomic mass is 16.5. The van der Waals surface area contributed by atoms with Gasteiger partial charge in [0.25, 0.3) is 0 Å². The molecule has 0 spiro atoms. The van der Waals surface area contributed by atoms with Gasteiger partial charge in [-0.15, -0.1) is 0 Å². The summed E-state index contributed by atoms with van der Waals surface area (Å²) in [6, 6.07) is 13.6. The van der Waals surface area contributed by atoms with Gasteiger partial charge in [-0.05, 0) is 48.7 Å². The molecule has 4 nitrogen and oxygen atoms in total. The van der Waals surface area contributed by atoms with Crippen LogP contribution < -0.4 is 0 Å². The van der Waals surface area contributed by atoms with Gasteiger partial charge in [0.05, 0.1) is 11.1 Å². The fourth-order valence-electron chi connectivity index (χ4n) is 2.07. The van der Waals surface area contributed by atoms with Crippen molar-refractivity contribution < 1.29 is 19.4 Å². The Bertz CT molecular complexity index is 656. The number of carboxylic acid groups (broad SMARTS) is 1. The molecule has 0 aliphatic heterocycles. The maximum atomic E-state index is 12.1. The SMILES string of the molecule is CCc1ccc(C(C)OC(=O)c2ccc(C(=O)O)cc2)cc1. The summed E-state index contributed by atoms with van der Waals surface area (Å²) in [6.07, 6.45) is 0.599. The van der Waals surface area contributed by atoms with E-state index in [1.807, 2.05) is 31.2 Å². The van der Waals surface area contributed by atoms with Crippen molar-refractivity contribution in [2.45, 2.75) is 26.4 Å². The average molecular weight is 298 g/mol. The summed E-state index contributed by atoms with van der Waals surface area (Å²) < 4.78 is 5.41. The van der Waals surface area contributed by atoms with Crippen LogP contribution in [-0.2, 0) is 11.2 Å². The molecule has 0 fully saturated rings. The number of benzene rings is 2. The van der Waals surface area contributed by atoms with Crippen molar-refractivity contribution in [1.29, 1.82) is 0 Å². The highest BCUT2D eigenvalue weighted by Crippen LogP contribution is 2.19. The van der Waals surface area contributed by atoms with Gasteiger partial charge in [-0.3, -0.25) is 0 Å². The van der Waals surface area contributed by atoms with Crippen LogP contribution in [0.25, 0.3) is 0 Å². The molecule has 0 aliphatic carbocycles. The van der Waals surface area contributed by atoms with E-state index in [9.17, 15) is 9.59 Å². The number of hydrogen-bond donors (Lipinski definition) is 1. The van der Waals surface area contributed by atoms with E-state index in [1.165, 1.54) is 29.8 Å². The lowest BCUT2D eigenvalue weighted by Gasteiger charge is -2.14. The van der Waals surface area contributed by atoms with E-state index in [1.54, 1.807) is 0 Å². The maximum Gasteiger partial charge on any atom is 0.338 e. The Labute approximate surface area is 129 Å². The summed E-state index contributed by atoms with van der Waals surface area (Å²) in [5.41, 5.74) is 2.63. The van der Waals surface area contributed by atoms with E-state index in [0.717, 1.165) is 12.0 Å². The molecular formula is C18H18O4. The van der Waals surface area contributed by atoms with Crippen molar-refractivity contribution in [2.75, 3.05) is 0 Å². The predicted octanol–water partition coefficient (Wildman–Crippen LogP) is 3.87. The highest BCUT2D eigenvalue weighted by Gasteiger charge is 2.14. The number of esters is 1. The summed E-state index contributed by atoms with van der Waals surface area (Å²) in [5, 5.41) is 8.83. The first kappa shape index (κ1) is 15.8. The largest absolute Gasteiger partial charge is 0.478 e. The monoisotopic (exact) mass is 298 g/mol. The number of rotatable bonds is 5. The molecule has 0 amide bonds. The minimum absolute atomic E-state index is 0.139. The second kappa shape index (κ2) is 6.89. The molecule has 2 aromatic carbocycles. The molecule has 114 valence electrons. The van der Waals surface area contributed by atoms with Crippen LogP contribution in [-0.4, -0.2) is 17.0 Å². The fourth-order valence-corrected chi connectivity index (χ4v) is 2.07. The standard InChI is InChI=1S/C18H18O4/c1-3-13-4-6-14(7-5-13)12(2)22-18(21)16-10-8-15(9-11-16)17(19)20/h4-12H,3H2,1-2H3,(H,19,20). The van der Waals surface area contributed by atoms with E-state index in [-0.39, 0.29) is 11.7 Å². The average Bonchev–Trinajstić information content (AvgIpc) is 2.54. The number of carbonyl (C=O) groups excluding carboxylic acids is 1. The topological polar surface area (TPSA) is 63.6 Å². The normalized spacial score (nSPS) is 11.7. The van der Waals surface area contributed by atoms with Gasteiger partial charge >= 0.3 is 11.9 Å². The Morgan fingerprint density at radius 3 is 2.05 bits per heavy atom. The van der Waals surface area contributed by atoms with Crippen molar-refractivity contribution in [3.63, 3.8) is 0 Å². The fraction of sp³-hybridized carbons (Fsp3) is 0.222. The van der Waals surface area contributed by atoms with Gasteiger partial charge in [0.15, 0.2) is 0 Å². The van der Waals surface area contributed by atoms with Gasteiger partial charge in [0.2, 0.25) is 0 Å². The third kappa shape index (κ3) is 3.73. The van der Waals surface area contributed by atoms with Gasteiger partial charge < -0.3 is 9.84 Å². The lowest BCUT2D eigenvalue weighted by molar-refractivity contribution is 0.0337. The van der Waals surface area contributed by atoms with Gasteiger partial charge in [0.1, 0.15) is 6.10 Å². The Morgan fingerprint density at radius 1 is 1.00 bits per heavy atom. The van der Waals surface area contributed by atoms with Gasteiger partial charge in [-0.25, -0.2) is 9.59 Å². The third-order valence-corrected chi connectivity index (χ3v) is 3.51. The molecule has 0 heterocycles. The molecule has 0 bridgehead atoms. The summed E-state index contributed by atoms with van der Waals surface area (Å²) in [5.74, 6) is -1.49. The molecule has 2 aromatic rings. The highest BCUT2D eigenvalue weighted by molar-refractivity contribution is 5.92. The van der Waals surface area contributed by atoms with Crippen LogP contribution >= 0.6 is 0 Å². The second-order valence-corrected chi connectivity index (χ2v) is 5.03. The lowest BCUT2D eigenvalue weighted by Crippen LogP contribution is -2.09. The first-order chi connectivity index (χ1) is 10.5. The summed E-state index contributed by atoms with van der Waals surface area (Å²) >= 11 is 0. The minimum atomic E-state index is -1.02. The van der Waals surface area contributed by atoms with E-state index in [2.05, 4.69) is 6.92 Å². The minimum Gasteiger partial charge on any atom is -0.478 e. The Balaban J connectivity index is 2.05. The van der Waals surface area contributed by atoms with Crippen molar-refractivity contribution in [1.82, 2.24) is 0 Å². The molecule has 2 rings (SSSR count). The van der Waals surface area contributed by atoms with Crippen LogP contribution in [0.15, 0.2) is 48.5 Å². The van der Waals surface area contributed by atoms with E-state index in [4.69, 9.17) is 9.84 Å². The summed E-state index contributed by atoms with van der Waals surface area (Å²) in [7, 11) is 0. The number of carboxylic acids is 1.